The van der Waals surface area contributed by atoms with Crippen LogP contribution in [0.2, 0.25) is 5.02 Å². The minimum atomic E-state index is 0.281. The fourth-order valence-electron chi connectivity index (χ4n) is 1.76. The molecular weight excluding hydrogens is 262 g/mol. The third-order valence-corrected chi connectivity index (χ3v) is 3.24. The van der Waals surface area contributed by atoms with Crippen LogP contribution in [0, 0.1) is 0 Å². The fraction of sp³-hybridized carbons (Fsp3) is 0.286. The highest BCUT2D eigenvalue weighted by atomic mass is 35.5. The summed E-state index contributed by atoms with van der Waals surface area (Å²) in [5.74, 6) is 0.954. The van der Waals surface area contributed by atoms with Crippen LogP contribution in [-0.4, -0.2) is 21.6 Å². The maximum atomic E-state index is 9.20. The summed E-state index contributed by atoms with van der Waals surface area (Å²) in [6.45, 7) is 2.74. The number of rotatable bonds is 5. The highest BCUT2D eigenvalue weighted by Crippen LogP contribution is 2.21. The van der Waals surface area contributed by atoms with Gasteiger partial charge in [-0.3, -0.25) is 0 Å². The number of phenolic OH excluding ortho intramolecular Hbond substituents is 1. The van der Waals surface area contributed by atoms with E-state index in [1.54, 1.807) is 12.1 Å². The van der Waals surface area contributed by atoms with Crippen LogP contribution < -0.4 is 5.32 Å². The average molecular weight is 278 g/mol. The van der Waals surface area contributed by atoms with Gasteiger partial charge in [0.05, 0.1) is 5.69 Å². The smallest absolute Gasteiger partial charge is 0.148 e. The van der Waals surface area contributed by atoms with E-state index in [1.165, 1.54) is 6.33 Å². The number of anilines is 1. The van der Waals surface area contributed by atoms with Gasteiger partial charge in [0.2, 0.25) is 0 Å². The molecule has 100 valence electrons. The number of aryl methyl sites for hydroxylation is 1. The minimum Gasteiger partial charge on any atom is -0.508 e. The number of hydrogen-bond donors (Lipinski definition) is 2. The van der Waals surface area contributed by atoms with E-state index in [4.69, 9.17) is 11.6 Å². The minimum absolute atomic E-state index is 0.281. The number of aromatic nitrogens is 2. The van der Waals surface area contributed by atoms with Crippen molar-refractivity contribution >= 4 is 17.4 Å². The predicted octanol–water partition coefficient (Wildman–Crippen LogP) is 3.05. The standard InChI is InChI=1S/C14H16ClN3O/c1-2-12-13(15)14(18-9-17-12)16-8-7-10-3-5-11(19)6-4-10/h3-6,9,19H,2,7-8H2,1H3,(H,16,17,18). The van der Waals surface area contributed by atoms with E-state index in [0.717, 1.165) is 30.6 Å². The molecule has 2 aromatic rings. The van der Waals surface area contributed by atoms with Crippen molar-refractivity contribution < 1.29 is 5.11 Å². The number of benzene rings is 1. The van der Waals surface area contributed by atoms with E-state index in [9.17, 15) is 5.11 Å². The molecule has 0 aliphatic carbocycles. The number of aromatic hydroxyl groups is 1. The first kappa shape index (κ1) is 13.6. The van der Waals surface area contributed by atoms with Crippen molar-refractivity contribution in [3.8, 4) is 5.75 Å². The summed E-state index contributed by atoms with van der Waals surface area (Å²) < 4.78 is 0. The first-order valence-corrected chi connectivity index (χ1v) is 6.59. The van der Waals surface area contributed by atoms with Gasteiger partial charge in [-0.1, -0.05) is 30.7 Å². The molecule has 2 N–H and O–H groups in total. The van der Waals surface area contributed by atoms with Gasteiger partial charge in [-0.15, -0.1) is 0 Å². The molecule has 19 heavy (non-hydrogen) atoms. The van der Waals surface area contributed by atoms with E-state index in [-0.39, 0.29) is 5.75 Å². The van der Waals surface area contributed by atoms with Crippen molar-refractivity contribution in [2.24, 2.45) is 0 Å². The summed E-state index contributed by atoms with van der Waals surface area (Å²) in [6, 6.07) is 7.16. The molecule has 2 rings (SSSR count). The molecule has 1 aromatic carbocycles. The molecule has 0 saturated heterocycles. The van der Waals surface area contributed by atoms with Crippen molar-refractivity contribution in [1.82, 2.24) is 9.97 Å². The maximum Gasteiger partial charge on any atom is 0.148 e. The van der Waals surface area contributed by atoms with Crippen LogP contribution in [0.1, 0.15) is 18.2 Å². The first-order chi connectivity index (χ1) is 9.20. The topological polar surface area (TPSA) is 58.0 Å². The lowest BCUT2D eigenvalue weighted by Gasteiger charge is -2.09. The SMILES string of the molecule is CCc1ncnc(NCCc2ccc(O)cc2)c1Cl. The second kappa shape index (κ2) is 6.38. The Bertz CT molecular complexity index is 543. The second-order valence-electron chi connectivity index (χ2n) is 4.18. The maximum absolute atomic E-state index is 9.20. The van der Waals surface area contributed by atoms with Gasteiger partial charge in [0, 0.05) is 6.54 Å². The molecule has 0 aliphatic heterocycles. The second-order valence-corrected chi connectivity index (χ2v) is 4.56. The Labute approximate surface area is 117 Å². The molecule has 0 fully saturated rings. The zero-order valence-electron chi connectivity index (χ0n) is 10.7. The van der Waals surface area contributed by atoms with Crippen molar-refractivity contribution in [2.75, 3.05) is 11.9 Å². The molecule has 0 atom stereocenters. The van der Waals surface area contributed by atoms with E-state index in [2.05, 4.69) is 15.3 Å². The average Bonchev–Trinajstić information content (AvgIpc) is 2.43. The van der Waals surface area contributed by atoms with Gasteiger partial charge in [-0.25, -0.2) is 9.97 Å². The number of hydrogen-bond acceptors (Lipinski definition) is 4. The Hall–Kier alpha value is -1.81. The lowest BCUT2D eigenvalue weighted by atomic mass is 10.1. The fourth-order valence-corrected chi connectivity index (χ4v) is 2.06. The van der Waals surface area contributed by atoms with E-state index >= 15 is 0 Å². The van der Waals surface area contributed by atoms with E-state index in [1.807, 2.05) is 19.1 Å². The molecule has 0 unspecified atom stereocenters. The van der Waals surface area contributed by atoms with Crippen LogP contribution in [0.4, 0.5) is 5.82 Å². The number of nitrogens with zero attached hydrogens (tertiary/aromatic N) is 2. The van der Waals surface area contributed by atoms with Crippen LogP contribution in [0.25, 0.3) is 0 Å². The Balaban J connectivity index is 1.94. The van der Waals surface area contributed by atoms with Crippen LogP contribution in [-0.2, 0) is 12.8 Å². The zero-order valence-corrected chi connectivity index (χ0v) is 11.5. The monoisotopic (exact) mass is 277 g/mol. The highest BCUT2D eigenvalue weighted by Gasteiger charge is 2.06. The molecule has 5 heteroatoms. The Morgan fingerprint density at radius 2 is 1.95 bits per heavy atom. The zero-order chi connectivity index (χ0) is 13.7. The summed E-state index contributed by atoms with van der Waals surface area (Å²) in [5.41, 5.74) is 2.00. The van der Waals surface area contributed by atoms with Gasteiger partial charge >= 0.3 is 0 Å². The number of nitrogens with one attached hydrogen (secondary N) is 1. The van der Waals surface area contributed by atoms with Crippen LogP contribution in [0.15, 0.2) is 30.6 Å². The lowest BCUT2D eigenvalue weighted by Crippen LogP contribution is -2.08. The molecule has 0 saturated carbocycles. The number of halogens is 1. The lowest BCUT2D eigenvalue weighted by molar-refractivity contribution is 0.475. The predicted molar refractivity (Wildman–Crippen MR) is 76.7 cm³/mol. The van der Waals surface area contributed by atoms with Crippen molar-refractivity contribution in [2.45, 2.75) is 19.8 Å². The van der Waals surface area contributed by atoms with Gasteiger partial charge in [0.15, 0.2) is 0 Å². The molecule has 1 aromatic heterocycles. The van der Waals surface area contributed by atoms with Gasteiger partial charge < -0.3 is 10.4 Å². The van der Waals surface area contributed by atoms with Crippen LogP contribution in [0.3, 0.4) is 0 Å². The van der Waals surface area contributed by atoms with Gasteiger partial charge in [-0.2, -0.15) is 0 Å². The first-order valence-electron chi connectivity index (χ1n) is 6.22. The quantitative estimate of drug-likeness (QED) is 0.882. The van der Waals surface area contributed by atoms with E-state index < -0.39 is 0 Å². The molecule has 0 spiro atoms. The van der Waals surface area contributed by atoms with E-state index in [0.29, 0.717) is 10.8 Å². The molecule has 0 amide bonds. The molecule has 1 heterocycles. The summed E-state index contributed by atoms with van der Waals surface area (Å²) in [7, 11) is 0. The third-order valence-electron chi connectivity index (χ3n) is 2.84. The third kappa shape index (κ3) is 3.58. The Morgan fingerprint density at radius 1 is 1.21 bits per heavy atom. The normalized spacial score (nSPS) is 10.4. The number of phenols is 1. The van der Waals surface area contributed by atoms with Gasteiger partial charge in [0.25, 0.3) is 0 Å². The Kier molecular flexibility index (Phi) is 4.58. The van der Waals surface area contributed by atoms with Gasteiger partial charge in [-0.05, 0) is 30.5 Å². The molecule has 4 nitrogen and oxygen atoms in total. The van der Waals surface area contributed by atoms with Crippen molar-refractivity contribution in [3.63, 3.8) is 0 Å². The Morgan fingerprint density at radius 3 is 2.63 bits per heavy atom. The summed E-state index contributed by atoms with van der Waals surface area (Å²) in [5, 5.41) is 13.0. The summed E-state index contributed by atoms with van der Waals surface area (Å²) in [6.07, 6.45) is 3.14. The molecule has 0 aliphatic rings. The highest BCUT2D eigenvalue weighted by molar-refractivity contribution is 6.33. The summed E-state index contributed by atoms with van der Waals surface area (Å²) >= 11 is 6.19. The molecule has 0 bridgehead atoms. The van der Waals surface area contributed by atoms with Crippen molar-refractivity contribution in [3.05, 3.63) is 46.9 Å². The molecule has 0 radical (unpaired) electrons. The van der Waals surface area contributed by atoms with Crippen LogP contribution in [0.5, 0.6) is 5.75 Å². The summed E-state index contributed by atoms with van der Waals surface area (Å²) in [4.78, 5) is 8.26. The largest absolute Gasteiger partial charge is 0.508 e. The molecular formula is C14H16ClN3O. The van der Waals surface area contributed by atoms with Crippen LogP contribution >= 0.6 is 11.6 Å². The van der Waals surface area contributed by atoms with Crippen molar-refractivity contribution in [1.29, 1.82) is 0 Å². The van der Waals surface area contributed by atoms with Gasteiger partial charge in [0.1, 0.15) is 22.9 Å².